The monoisotopic (exact) mass is 319 g/mol. The molecule has 2 atom stereocenters. The summed E-state index contributed by atoms with van der Waals surface area (Å²) < 4.78 is 13.8. The quantitative estimate of drug-likeness (QED) is 0.794. The number of likely N-dealkylation sites (tertiary alicyclic amines) is 1. The van der Waals surface area contributed by atoms with Gasteiger partial charge in [0.15, 0.2) is 0 Å². The standard InChI is InChI=1S/C16H18FN3O3/c1-9-4-11(19-18-9)5-10-7-20(8-15(10)22)16(23)13-3-2-12(21)6-14(13)17/h2-4,6,10,15,21-22H,5,7-8H2,1H3,(H,18,19)/t10-,15-/m1/s1. The van der Waals surface area contributed by atoms with E-state index in [2.05, 4.69) is 10.2 Å². The molecule has 2 aromatic rings. The molecule has 3 N–H and O–H groups in total. The first-order valence-corrected chi connectivity index (χ1v) is 7.41. The van der Waals surface area contributed by atoms with Crippen LogP contribution in [0.25, 0.3) is 0 Å². The van der Waals surface area contributed by atoms with Crippen molar-refractivity contribution in [3.63, 3.8) is 0 Å². The highest BCUT2D eigenvalue weighted by Crippen LogP contribution is 2.24. The van der Waals surface area contributed by atoms with E-state index in [1.54, 1.807) is 0 Å². The van der Waals surface area contributed by atoms with Gasteiger partial charge in [-0.25, -0.2) is 4.39 Å². The van der Waals surface area contributed by atoms with Crippen LogP contribution >= 0.6 is 0 Å². The van der Waals surface area contributed by atoms with Crippen LogP contribution in [0.15, 0.2) is 24.3 Å². The number of amides is 1. The third-order valence-electron chi connectivity index (χ3n) is 4.11. The lowest BCUT2D eigenvalue weighted by molar-refractivity contribution is 0.0760. The highest BCUT2D eigenvalue weighted by atomic mass is 19.1. The molecule has 7 heteroatoms. The van der Waals surface area contributed by atoms with Crippen molar-refractivity contribution in [2.75, 3.05) is 13.1 Å². The number of aliphatic hydroxyl groups is 1. The summed E-state index contributed by atoms with van der Waals surface area (Å²) in [7, 11) is 0. The molecule has 6 nitrogen and oxygen atoms in total. The van der Waals surface area contributed by atoms with E-state index in [9.17, 15) is 19.4 Å². The fourth-order valence-corrected chi connectivity index (χ4v) is 2.92. The lowest BCUT2D eigenvalue weighted by atomic mass is 10.0. The first kappa shape index (κ1) is 15.5. The molecule has 1 aromatic carbocycles. The van der Waals surface area contributed by atoms with Crippen LogP contribution in [0.5, 0.6) is 5.75 Å². The Balaban J connectivity index is 1.71. The van der Waals surface area contributed by atoms with Gasteiger partial charge in [-0.05, 0) is 31.5 Å². The van der Waals surface area contributed by atoms with Gasteiger partial charge in [0.2, 0.25) is 0 Å². The van der Waals surface area contributed by atoms with Crippen LogP contribution < -0.4 is 0 Å². The molecule has 0 spiro atoms. The Morgan fingerprint density at radius 1 is 1.43 bits per heavy atom. The van der Waals surface area contributed by atoms with Crippen molar-refractivity contribution in [1.82, 2.24) is 15.1 Å². The molecule has 2 heterocycles. The smallest absolute Gasteiger partial charge is 0.256 e. The van der Waals surface area contributed by atoms with Crippen LogP contribution in [0.4, 0.5) is 4.39 Å². The lowest BCUT2D eigenvalue weighted by Crippen LogP contribution is -2.30. The van der Waals surface area contributed by atoms with Gasteiger partial charge in [0.25, 0.3) is 5.91 Å². The minimum Gasteiger partial charge on any atom is -0.508 e. The number of phenols is 1. The Labute approximate surface area is 132 Å². The molecule has 0 aliphatic carbocycles. The molecule has 1 aliphatic heterocycles. The zero-order chi connectivity index (χ0) is 16.6. The summed E-state index contributed by atoms with van der Waals surface area (Å²) in [6, 6.07) is 5.33. The van der Waals surface area contributed by atoms with E-state index in [1.165, 1.54) is 17.0 Å². The van der Waals surface area contributed by atoms with E-state index in [4.69, 9.17) is 0 Å². The topological polar surface area (TPSA) is 89.5 Å². The fraction of sp³-hybridized carbons (Fsp3) is 0.375. The Morgan fingerprint density at radius 2 is 2.22 bits per heavy atom. The lowest BCUT2D eigenvalue weighted by Gasteiger charge is -2.16. The Morgan fingerprint density at radius 3 is 2.87 bits per heavy atom. The van der Waals surface area contributed by atoms with Crippen molar-refractivity contribution in [3.05, 3.63) is 47.0 Å². The van der Waals surface area contributed by atoms with Gasteiger partial charge in [0.05, 0.1) is 17.4 Å². The molecular formula is C16H18FN3O3. The van der Waals surface area contributed by atoms with Crippen LogP contribution in [0.2, 0.25) is 0 Å². The summed E-state index contributed by atoms with van der Waals surface area (Å²) in [6.45, 7) is 2.39. The number of carbonyl (C=O) groups excluding carboxylic acids is 1. The van der Waals surface area contributed by atoms with Crippen LogP contribution in [0.3, 0.4) is 0 Å². The number of hydrogen-bond donors (Lipinski definition) is 3. The van der Waals surface area contributed by atoms with E-state index < -0.39 is 17.8 Å². The molecule has 3 rings (SSSR count). The minimum absolute atomic E-state index is 0.105. The third-order valence-corrected chi connectivity index (χ3v) is 4.11. The second kappa shape index (κ2) is 6.00. The van der Waals surface area contributed by atoms with E-state index in [0.29, 0.717) is 13.0 Å². The van der Waals surface area contributed by atoms with Crippen LogP contribution in [-0.2, 0) is 6.42 Å². The number of carbonyl (C=O) groups is 1. The molecule has 0 radical (unpaired) electrons. The predicted molar refractivity (Wildman–Crippen MR) is 80.5 cm³/mol. The average molecular weight is 319 g/mol. The summed E-state index contributed by atoms with van der Waals surface area (Å²) in [5, 5.41) is 26.4. The first-order valence-electron chi connectivity index (χ1n) is 7.41. The number of aromatic nitrogens is 2. The van der Waals surface area contributed by atoms with Gasteiger partial charge in [0.1, 0.15) is 11.6 Å². The molecule has 23 heavy (non-hydrogen) atoms. The molecule has 122 valence electrons. The summed E-state index contributed by atoms with van der Waals surface area (Å²) in [5.74, 6) is -1.62. The van der Waals surface area contributed by atoms with E-state index in [1.807, 2.05) is 13.0 Å². The van der Waals surface area contributed by atoms with Gasteiger partial charge in [-0.1, -0.05) is 0 Å². The highest BCUT2D eigenvalue weighted by Gasteiger charge is 2.35. The number of phenolic OH excluding ortho intramolecular Hbond substituents is 1. The molecule has 1 fully saturated rings. The van der Waals surface area contributed by atoms with E-state index in [-0.39, 0.29) is 23.8 Å². The highest BCUT2D eigenvalue weighted by molar-refractivity contribution is 5.94. The van der Waals surface area contributed by atoms with Crippen molar-refractivity contribution in [3.8, 4) is 5.75 Å². The number of rotatable bonds is 3. The number of aryl methyl sites for hydroxylation is 1. The Hall–Kier alpha value is -2.41. The van der Waals surface area contributed by atoms with Gasteiger partial charge in [-0.3, -0.25) is 9.89 Å². The second-order valence-corrected chi connectivity index (χ2v) is 5.95. The van der Waals surface area contributed by atoms with Gasteiger partial charge in [-0.15, -0.1) is 0 Å². The van der Waals surface area contributed by atoms with Crippen LogP contribution in [0, 0.1) is 18.7 Å². The number of benzene rings is 1. The number of aliphatic hydroxyl groups excluding tert-OH is 1. The molecule has 1 saturated heterocycles. The molecule has 1 aromatic heterocycles. The summed E-state index contributed by atoms with van der Waals surface area (Å²) in [6.07, 6.45) is -0.121. The van der Waals surface area contributed by atoms with Crippen LogP contribution in [-0.4, -0.2) is 50.4 Å². The molecule has 1 amide bonds. The zero-order valence-electron chi connectivity index (χ0n) is 12.7. The fourth-order valence-electron chi connectivity index (χ4n) is 2.92. The molecule has 0 unspecified atom stereocenters. The van der Waals surface area contributed by atoms with E-state index in [0.717, 1.165) is 17.5 Å². The maximum atomic E-state index is 13.8. The second-order valence-electron chi connectivity index (χ2n) is 5.95. The predicted octanol–water partition coefficient (Wildman–Crippen LogP) is 1.24. The number of halogens is 1. The third kappa shape index (κ3) is 3.19. The van der Waals surface area contributed by atoms with Crippen LogP contribution in [0.1, 0.15) is 21.7 Å². The van der Waals surface area contributed by atoms with Gasteiger partial charge < -0.3 is 15.1 Å². The zero-order valence-corrected chi connectivity index (χ0v) is 12.7. The number of β-amino-alcohol motifs (C(OH)–C–C–N with tert-alkyl or cyclic N) is 1. The average Bonchev–Trinajstić information content (AvgIpc) is 3.05. The molecule has 0 bridgehead atoms. The van der Waals surface area contributed by atoms with Crippen molar-refractivity contribution in [2.45, 2.75) is 19.4 Å². The number of hydrogen-bond acceptors (Lipinski definition) is 4. The number of aromatic hydroxyl groups is 1. The van der Waals surface area contributed by atoms with Gasteiger partial charge >= 0.3 is 0 Å². The Bertz CT molecular complexity index is 731. The summed E-state index contributed by atoms with van der Waals surface area (Å²) >= 11 is 0. The molecule has 0 saturated carbocycles. The Kier molecular flexibility index (Phi) is 4.04. The summed E-state index contributed by atoms with van der Waals surface area (Å²) in [5.41, 5.74) is 1.66. The first-order chi connectivity index (χ1) is 10.9. The number of aromatic amines is 1. The maximum absolute atomic E-state index is 13.8. The summed E-state index contributed by atoms with van der Waals surface area (Å²) in [4.78, 5) is 13.8. The SMILES string of the molecule is Cc1cc(C[C@@H]2CN(C(=O)c3ccc(O)cc3F)C[C@H]2O)n[nH]1. The van der Waals surface area contributed by atoms with Crippen molar-refractivity contribution in [1.29, 1.82) is 0 Å². The van der Waals surface area contributed by atoms with Crippen molar-refractivity contribution >= 4 is 5.91 Å². The molecular weight excluding hydrogens is 301 g/mol. The van der Waals surface area contributed by atoms with Crippen molar-refractivity contribution in [2.24, 2.45) is 5.92 Å². The van der Waals surface area contributed by atoms with Gasteiger partial charge in [0, 0.05) is 30.8 Å². The van der Waals surface area contributed by atoms with Gasteiger partial charge in [-0.2, -0.15) is 5.10 Å². The van der Waals surface area contributed by atoms with E-state index >= 15 is 0 Å². The minimum atomic E-state index is -0.768. The largest absolute Gasteiger partial charge is 0.508 e. The van der Waals surface area contributed by atoms with Crippen molar-refractivity contribution < 1.29 is 19.4 Å². The normalized spacial score (nSPS) is 20.9. The number of nitrogens with one attached hydrogen (secondary N) is 1. The number of H-pyrrole nitrogens is 1. The number of nitrogens with zero attached hydrogens (tertiary/aromatic N) is 2. The maximum Gasteiger partial charge on any atom is 0.256 e. The molecule has 1 aliphatic rings.